The van der Waals surface area contributed by atoms with Gasteiger partial charge in [-0.2, -0.15) is 0 Å². The summed E-state index contributed by atoms with van der Waals surface area (Å²) in [5.74, 6) is 0.781. The fourth-order valence-corrected chi connectivity index (χ4v) is 4.08. The Kier molecular flexibility index (Phi) is 8.62. The van der Waals surface area contributed by atoms with Gasteiger partial charge in [0, 0.05) is 29.6 Å². The lowest BCUT2D eigenvalue weighted by Crippen LogP contribution is -2.28. The molecule has 3 rings (SSSR count). The molecule has 1 amide bonds. The number of likely N-dealkylation sites (N-methyl/N-ethyl adjacent to an activating group) is 1. The van der Waals surface area contributed by atoms with Crippen LogP contribution in [-0.2, 0) is 17.8 Å². The van der Waals surface area contributed by atoms with E-state index in [1.165, 1.54) is 5.56 Å². The van der Waals surface area contributed by atoms with Crippen molar-refractivity contribution < 1.29 is 9.53 Å². The number of aromatic nitrogens is 1. The molecule has 31 heavy (non-hydrogen) atoms. The summed E-state index contributed by atoms with van der Waals surface area (Å²) >= 11 is 1.57. The number of carbonyl (C=O) groups excluding carboxylic acids is 1. The highest BCUT2D eigenvalue weighted by Gasteiger charge is 2.11. The molecular formula is C25H31N3O2S. The van der Waals surface area contributed by atoms with Crippen LogP contribution < -0.4 is 10.1 Å². The Morgan fingerprint density at radius 2 is 1.84 bits per heavy atom. The molecule has 6 heteroatoms. The van der Waals surface area contributed by atoms with Crippen LogP contribution in [-0.4, -0.2) is 42.0 Å². The smallest absolute Gasteiger partial charge is 0.226 e. The third-order valence-electron chi connectivity index (χ3n) is 5.20. The predicted molar refractivity (Wildman–Crippen MR) is 128 cm³/mol. The van der Waals surface area contributed by atoms with Gasteiger partial charge in [-0.15, -0.1) is 11.3 Å². The van der Waals surface area contributed by atoms with E-state index < -0.39 is 0 Å². The number of carbonyl (C=O) groups is 1. The fraction of sp³-hybridized carbons (Fsp3) is 0.360. The average molecular weight is 438 g/mol. The first-order chi connectivity index (χ1) is 15.1. The summed E-state index contributed by atoms with van der Waals surface area (Å²) in [5, 5.41) is 5.90. The number of thiazole rings is 1. The van der Waals surface area contributed by atoms with Crippen molar-refractivity contribution in [1.82, 2.24) is 15.2 Å². The first-order valence-electron chi connectivity index (χ1n) is 10.8. The highest BCUT2D eigenvalue weighted by atomic mass is 32.1. The first kappa shape index (κ1) is 23.0. The van der Waals surface area contributed by atoms with E-state index in [1.54, 1.807) is 11.3 Å². The minimum absolute atomic E-state index is 0.0429. The topological polar surface area (TPSA) is 54.5 Å². The third kappa shape index (κ3) is 6.91. The van der Waals surface area contributed by atoms with E-state index in [4.69, 9.17) is 4.74 Å². The Morgan fingerprint density at radius 3 is 2.58 bits per heavy atom. The van der Waals surface area contributed by atoms with Crippen LogP contribution in [0, 0.1) is 6.92 Å². The molecule has 0 atom stereocenters. The number of benzene rings is 2. The number of hydrogen-bond acceptors (Lipinski definition) is 5. The molecule has 1 aromatic heterocycles. The van der Waals surface area contributed by atoms with Crippen LogP contribution in [0.2, 0.25) is 0 Å². The first-order valence-corrected chi connectivity index (χ1v) is 11.7. The number of para-hydroxylation sites is 1. The fourth-order valence-electron chi connectivity index (χ4n) is 3.25. The van der Waals surface area contributed by atoms with Gasteiger partial charge in [0.2, 0.25) is 5.91 Å². The van der Waals surface area contributed by atoms with E-state index in [-0.39, 0.29) is 12.3 Å². The molecule has 1 heterocycles. The van der Waals surface area contributed by atoms with E-state index in [2.05, 4.69) is 60.2 Å². The van der Waals surface area contributed by atoms with Crippen LogP contribution in [0.15, 0.2) is 53.9 Å². The highest BCUT2D eigenvalue weighted by Crippen LogP contribution is 2.24. The zero-order chi connectivity index (χ0) is 22.1. The van der Waals surface area contributed by atoms with Crippen molar-refractivity contribution >= 4 is 17.2 Å². The van der Waals surface area contributed by atoms with E-state index in [0.717, 1.165) is 47.2 Å². The Balaban J connectivity index is 1.51. The van der Waals surface area contributed by atoms with Gasteiger partial charge >= 0.3 is 0 Å². The number of ether oxygens (including phenoxy) is 1. The van der Waals surface area contributed by atoms with Crippen molar-refractivity contribution in [2.45, 2.75) is 33.7 Å². The minimum atomic E-state index is -0.0429. The number of aryl methyl sites for hydroxylation is 1. The zero-order valence-corrected chi connectivity index (χ0v) is 19.4. The van der Waals surface area contributed by atoms with Crippen LogP contribution in [0.25, 0.3) is 10.6 Å². The van der Waals surface area contributed by atoms with Crippen molar-refractivity contribution in [1.29, 1.82) is 0 Å². The van der Waals surface area contributed by atoms with Crippen molar-refractivity contribution in [2.75, 3.05) is 26.2 Å². The molecule has 0 saturated heterocycles. The summed E-state index contributed by atoms with van der Waals surface area (Å²) in [6.07, 6.45) is 0.271. The molecule has 5 nitrogen and oxygen atoms in total. The molecular weight excluding hydrogens is 406 g/mol. The van der Waals surface area contributed by atoms with Gasteiger partial charge in [0.25, 0.3) is 0 Å². The van der Waals surface area contributed by atoms with Crippen molar-refractivity contribution in [3.8, 4) is 16.3 Å². The Labute approximate surface area is 189 Å². The van der Waals surface area contributed by atoms with Gasteiger partial charge in [-0.3, -0.25) is 4.79 Å². The zero-order valence-electron chi connectivity index (χ0n) is 18.6. The van der Waals surface area contributed by atoms with Crippen LogP contribution in [0.3, 0.4) is 0 Å². The lowest BCUT2D eigenvalue weighted by atomic mass is 10.2. The second kappa shape index (κ2) is 11.6. The minimum Gasteiger partial charge on any atom is -0.492 e. The number of hydrogen-bond donors (Lipinski definition) is 1. The molecule has 164 valence electrons. The number of rotatable bonds is 11. The van der Waals surface area contributed by atoms with Gasteiger partial charge in [0.1, 0.15) is 17.4 Å². The molecule has 0 saturated carbocycles. The molecule has 0 spiro atoms. The van der Waals surface area contributed by atoms with Crippen LogP contribution in [0.4, 0.5) is 0 Å². The molecule has 0 aliphatic carbocycles. The third-order valence-corrected chi connectivity index (χ3v) is 6.14. The molecule has 2 aromatic carbocycles. The monoisotopic (exact) mass is 437 g/mol. The molecule has 0 radical (unpaired) electrons. The SMILES string of the molecule is CCN(CC)CCOc1ccccc1CNC(=O)Cc1csc(-c2ccc(C)cc2)n1. The van der Waals surface area contributed by atoms with Gasteiger partial charge in [-0.1, -0.05) is 61.9 Å². The van der Waals surface area contributed by atoms with Crippen molar-refractivity contribution in [3.63, 3.8) is 0 Å². The summed E-state index contributed by atoms with van der Waals surface area (Å²) in [6, 6.07) is 16.1. The maximum absolute atomic E-state index is 12.5. The number of amides is 1. The van der Waals surface area contributed by atoms with Crippen molar-refractivity contribution in [3.05, 3.63) is 70.7 Å². The number of nitrogens with one attached hydrogen (secondary N) is 1. The van der Waals surface area contributed by atoms with E-state index in [1.807, 2.05) is 29.6 Å². The maximum Gasteiger partial charge on any atom is 0.226 e. The maximum atomic E-state index is 12.5. The van der Waals surface area contributed by atoms with E-state index >= 15 is 0 Å². The Hall–Kier alpha value is -2.70. The normalized spacial score (nSPS) is 11.0. The van der Waals surface area contributed by atoms with E-state index in [9.17, 15) is 4.79 Å². The predicted octanol–water partition coefficient (Wildman–Crippen LogP) is 4.70. The highest BCUT2D eigenvalue weighted by molar-refractivity contribution is 7.13. The lowest BCUT2D eigenvalue weighted by Gasteiger charge is -2.19. The summed E-state index contributed by atoms with van der Waals surface area (Å²) in [5.41, 5.74) is 4.08. The summed E-state index contributed by atoms with van der Waals surface area (Å²) in [6.45, 7) is 10.4. The Bertz CT molecular complexity index is 965. The molecule has 0 aliphatic heterocycles. The second-order valence-electron chi connectivity index (χ2n) is 7.45. The Morgan fingerprint density at radius 1 is 1.10 bits per heavy atom. The van der Waals surface area contributed by atoms with Gasteiger partial charge in [0.15, 0.2) is 0 Å². The lowest BCUT2D eigenvalue weighted by molar-refractivity contribution is -0.120. The molecule has 3 aromatic rings. The van der Waals surface area contributed by atoms with Gasteiger partial charge < -0.3 is 15.0 Å². The summed E-state index contributed by atoms with van der Waals surface area (Å²) in [4.78, 5) is 19.4. The van der Waals surface area contributed by atoms with Crippen LogP contribution >= 0.6 is 11.3 Å². The van der Waals surface area contributed by atoms with Gasteiger partial charge in [0.05, 0.1) is 12.1 Å². The molecule has 0 unspecified atom stereocenters. The van der Waals surface area contributed by atoms with Crippen molar-refractivity contribution in [2.24, 2.45) is 0 Å². The molecule has 1 N–H and O–H groups in total. The number of nitrogens with zero attached hydrogens (tertiary/aromatic N) is 2. The standard InChI is InChI=1S/C25H31N3O2S/c1-4-28(5-2)14-15-30-23-9-7-6-8-21(23)17-26-24(29)16-22-18-31-25(27-22)20-12-10-19(3)11-13-20/h6-13,18H,4-5,14-17H2,1-3H3,(H,26,29). The summed E-state index contributed by atoms with van der Waals surface area (Å²) < 4.78 is 5.98. The molecule has 0 aliphatic rings. The van der Waals surface area contributed by atoms with Gasteiger partial charge in [-0.05, 0) is 26.1 Å². The average Bonchev–Trinajstić information content (AvgIpc) is 3.25. The van der Waals surface area contributed by atoms with Crippen LogP contribution in [0.1, 0.15) is 30.7 Å². The second-order valence-corrected chi connectivity index (χ2v) is 8.30. The van der Waals surface area contributed by atoms with Crippen LogP contribution in [0.5, 0.6) is 5.75 Å². The molecule has 0 bridgehead atoms. The molecule has 0 fully saturated rings. The van der Waals surface area contributed by atoms with E-state index in [0.29, 0.717) is 13.2 Å². The summed E-state index contributed by atoms with van der Waals surface area (Å²) in [7, 11) is 0. The largest absolute Gasteiger partial charge is 0.492 e. The van der Waals surface area contributed by atoms with Gasteiger partial charge in [-0.25, -0.2) is 4.98 Å². The quantitative estimate of drug-likeness (QED) is 0.472.